The maximum absolute atomic E-state index is 4.74. The highest BCUT2D eigenvalue weighted by Crippen LogP contribution is 2.20. The molecule has 0 saturated heterocycles. The van der Waals surface area contributed by atoms with Gasteiger partial charge in [0.1, 0.15) is 5.82 Å². The minimum Gasteiger partial charge on any atom is -0.293 e. The molecule has 0 saturated carbocycles. The fraction of sp³-hybridized carbons (Fsp3) is 0.533. The zero-order valence-corrected chi connectivity index (χ0v) is 12.4. The van der Waals surface area contributed by atoms with Crippen molar-refractivity contribution in [1.82, 2.24) is 24.6 Å². The van der Waals surface area contributed by atoms with Crippen LogP contribution in [0, 0.1) is 0 Å². The molecule has 3 heterocycles. The van der Waals surface area contributed by atoms with E-state index >= 15 is 0 Å². The minimum atomic E-state index is 0.383. The molecule has 1 aliphatic heterocycles. The molecule has 2 aromatic heterocycles. The summed E-state index contributed by atoms with van der Waals surface area (Å²) >= 11 is 0. The highest BCUT2D eigenvalue weighted by atomic mass is 15.2. The van der Waals surface area contributed by atoms with Crippen molar-refractivity contribution in [3.8, 4) is 0 Å². The summed E-state index contributed by atoms with van der Waals surface area (Å²) in [4.78, 5) is 11.6. The van der Waals surface area contributed by atoms with Crippen LogP contribution in [0.25, 0.3) is 0 Å². The van der Waals surface area contributed by atoms with Gasteiger partial charge in [-0.05, 0) is 12.0 Å². The van der Waals surface area contributed by atoms with E-state index in [1.54, 1.807) is 0 Å². The monoisotopic (exact) mass is 271 g/mol. The zero-order valence-electron chi connectivity index (χ0n) is 12.4. The highest BCUT2D eigenvalue weighted by Gasteiger charge is 2.19. The molecule has 0 fully saturated rings. The average molecular weight is 271 g/mol. The fourth-order valence-electron chi connectivity index (χ4n) is 2.60. The molecule has 20 heavy (non-hydrogen) atoms. The largest absolute Gasteiger partial charge is 0.293 e. The number of nitrogens with zero attached hydrogens (tertiary/aromatic N) is 5. The molecule has 3 rings (SSSR count). The van der Waals surface area contributed by atoms with Gasteiger partial charge in [0, 0.05) is 50.6 Å². The molecule has 0 N–H and O–H groups in total. The molecular weight excluding hydrogens is 250 g/mol. The lowest BCUT2D eigenvalue weighted by Gasteiger charge is -2.27. The van der Waals surface area contributed by atoms with Crippen LogP contribution in [-0.2, 0) is 26.6 Å². The van der Waals surface area contributed by atoms with E-state index in [1.807, 2.05) is 24.1 Å². The normalized spacial score (nSPS) is 15.6. The first kappa shape index (κ1) is 13.2. The van der Waals surface area contributed by atoms with Gasteiger partial charge in [0.25, 0.3) is 0 Å². The Bertz CT molecular complexity index is 602. The Morgan fingerprint density at radius 3 is 2.85 bits per heavy atom. The third kappa shape index (κ3) is 2.72. The van der Waals surface area contributed by atoms with Gasteiger partial charge in [0.2, 0.25) is 0 Å². The average Bonchev–Trinajstić information content (AvgIpc) is 2.83. The molecule has 0 aliphatic carbocycles. The molecule has 5 heteroatoms. The lowest BCUT2D eigenvalue weighted by Crippen LogP contribution is -2.31. The predicted octanol–water partition coefficient (Wildman–Crippen LogP) is 1.89. The second kappa shape index (κ2) is 5.32. The third-order valence-electron chi connectivity index (χ3n) is 3.72. The summed E-state index contributed by atoms with van der Waals surface area (Å²) in [7, 11) is 1.96. The first-order valence-electron chi connectivity index (χ1n) is 7.16. The van der Waals surface area contributed by atoms with Crippen LogP contribution in [0.15, 0.2) is 18.6 Å². The van der Waals surface area contributed by atoms with E-state index in [4.69, 9.17) is 4.98 Å². The van der Waals surface area contributed by atoms with Gasteiger partial charge in [-0.15, -0.1) is 0 Å². The van der Waals surface area contributed by atoms with Crippen LogP contribution >= 0.6 is 0 Å². The Balaban J connectivity index is 1.75. The number of fused-ring (bicyclic) bond motifs is 1. The standard InChI is InChI=1S/C15H21N5/c1-11(2)15-16-7-13-4-5-20(10-14(13)18-15)9-12-6-17-19(3)8-12/h6-8,11H,4-5,9-10H2,1-3H3. The summed E-state index contributed by atoms with van der Waals surface area (Å²) < 4.78 is 1.85. The zero-order chi connectivity index (χ0) is 14.1. The van der Waals surface area contributed by atoms with Crippen molar-refractivity contribution >= 4 is 0 Å². The summed E-state index contributed by atoms with van der Waals surface area (Å²) in [5.41, 5.74) is 3.75. The topological polar surface area (TPSA) is 46.8 Å². The van der Waals surface area contributed by atoms with Gasteiger partial charge in [-0.25, -0.2) is 9.97 Å². The van der Waals surface area contributed by atoms with Crippen LogP contribution in [0.2, 0.25) is 0 Å². The Labute approximate surface area is 119 Å². The molecule has 0 aromatic carbocycles. The molecule has 5 nitrogen and oxygen atoms in total. The fourth-order valence-corrected chi connectivity index (χ4v) is 2.60. The summed E-state index contributed by atoms with van der Waals surface area (Å²) in [6.07, 6.45) is 7.07. The van der Waals surface area contributed by atoms with Crippen LogP contribution in [-0.4, -0.2) is 31.2 Å². The summed E-state index contributed by atoms with van der Waals surface area (Å²) in [6, 6.07) is 0. The van der Waals surface area contributed by atoms with Gasteiger partial charge in [-0.2, -0.15) is 5.10 Å². The first-order valence-corrected chi connectivity index (χ1v) is 7.16. The summed E-state index contributed by atoms with van der Waals surface area (Å²) in [5.74, 6) is 1.33. The smallest absolute Gasteiger partial charge is 0.131 e. The Kier molecular flexibility index (Phi) is 3.53. The molecule has 1 aliphatic rings. The lowest BCUT2D eigenvalue weighted by atomic mass is 10.1. The molecule has 106 valence electrons. The van der Waals surface area contributed by atoms with Crippen molar-refractivity contribution in [1.29, 1.82) is 0 Å². The Hall–Kier alpha value is -1.75. The van der Waals surface area contributed by atoms with E-state index < -0.39 is 0 Å². The molecule has 0 radical (unpaired) electrons. The number of hydrogen-bond acceptors (Lipinski definition) is 4. The lowest BCUT2D eigenvalue weighted by molar-refractivity contribution is 0.240. The Morgan fingerprint density at radius 1 is 1.30 bits per heavy atom. The number of aryl methyl sites for hydroxylation is 1. The van der Waals surface area contributed by atoms with Crippen LogP contribution < -0.4 is 0 Å². The minimum absolute atomic E-state index is 0.383. The number of aromatic nitrogens is 4. The first-order chi connectivity index (χ1) is 9.61. The van der Waals surface area contributed by atoms with Gasteiger partial charge in [0.05, 0.1) is 11.9 Å². The Morgan fingerprint density at radius 2 is 2.15 bits per heavy atom. The van der Waals surface area contributed by atoms with Gasteiger partial charge < -0.3 is 0 Å². The van der Waals surface area contributed by atoms with Gasteiger partial charge in [-0.3, -0.25) is 9.58 Å². The van der Waals surface area contributed by atoms with Gasteiger partial charge in [-0.1, -0.05) is 13.8 Å². The molecule has 0 amide bonds. The van der Waals surface area contributed by atoms with Crippen LogP contribution in [0.3, 0.4) is 0 Å². The highest BCUT2D eigenvalue weighted by molar-refractivity contribution is 5.21. The van der Waals surface area contributed by atoms with E-state index in [0.717, 1.165) is 31.9 Å². The molecule has 2 aromatic rings. The third-order valence-corrected chi connectivity index (χ3v) is 3.72. The van der Waals surface area contributed by atoms with Crippen LogP contribution in [0.1, 0.15) is 42.4 Å². The predicted molar refractivity (Wildman–Crippen MR) is 77.1 cm³/mol. The molecule has 0 atom stereocenters. The SMILES string of the molecule is CC(C)c1ncc2c(n1)CN(Cc1cnn(C)c1)CC2. The van der Waals surface area contributed by atoms with E-state index in [-0.39, 0.29) is 0 Å². The van der Waals surface area contributed by atoms with E-state index in [2.05, 4.69) is 35.0 Å². The molecular formula is C15H21N5. The van der Waals surface area contributed by atoms with Crippen molar-refractivity contribution in [2.24, 2.45) is 7.05 Å². The quantitative estimate of drug-likeness (QED) is 0.855. The number of rotatable bonds is 3. The maximum Gasteiger partial charge on any atom is 0.131 e. The second-order valence-electron chi connectivity index (χ2n) is 5.84. The van der Waals surface area contributed by atoms with E-state index in [9.17, 15) is 0 Å². The van der Waals surface area contributed by atoms with Crippen molar-refractivity contribution in [3.63, 3.8) is 0 Å². The maximum atomic E-state index is 4.74. The van der Waals surface area contributed by atoms with Crippen molar-refractivity contribution in [2.75, 3.05) is 6.54 Å². The summed E-state index contributed by atoms with van der Waals surface area (Å²) in [5, 5.41) is 4.23. The van der Waals surface area contributed by atoms with Gasteiger partial charge in [0.15, 0.2) is 0 Å². The van der Waals surface area contributed by atoms with E-state index in [0.29, 0.717) is 5.92 Å². The van der Waals surface area contributed by atoms with Crippen LogP contribution in [0.5, 0.6) is 0 Å². The van der Waals surface area contributed by atoms with Crippen molar-refractivity contribution in [3.05, 3.63) is 41.2 Å². The molecule has 0 bridgehead atoms. The summed E-state index contributed by atoms with van der Waals surface area (Å²) in [6.45, 7) is 7.18. The van der Waals surface area contributed by atoms with Crippen LogP contribution in [0.4, 0.5) is 0 Å². The second-order valence-corrected chi connectivity index (χ2v) is 5.84. The van der Waals surface area contributed by atoms with E-state index in [1.165, 1.54) is 16.8 Å². The van der Waals surface area contributed by atoms with Crippen molar-refractivity contribution in [2.45, 2.75) is 39.3 Å². The number of hydrogen-bond donors (Lipinski definition) is 0. The molecule has 0 spiro atoms. The molecule has 0 unspecified atom stereocenters. The van der Waals surface area contributed by atoms with Crippen molar-refractivity contribution < 1.29 is 0 Å². The van der Waals surface area contributed by atoms with Gasteiger partial charge >= 0.3 is 0 Å².